The summed E-state index contributed by atoms with van der Waals surface area (Å²) in [6, 6.07) is 0. The van der Waals surface area contributed by atoms with Crippen LogP contribution in [0.1, 0.15) is 96.3 Å². The first-order chi connectivity index (χ1) is 11.3. The van der Waals surface area contributed by atoms with Gasteiger partial charge in [-0.05, 0) is 74.3 Å². The Morgan fingerprint density at radius 3 is 1.39 bits per heavy atom. The van der Waals surface area contributed by atoms with E-state index in [0.29, 0.717) is 17.6 Å². The Kier molecular flexibility index (Phi) is 6.54. The number of Topliss-reactive ketones (excluding diaryl/α,β-unsaturated/α-hetero) is 1. The number of allylic oxidation sites excluding steroid dienone is 4. The molecular formula is C22H34O. The average molecular weight is 315 g/mol. The van der Waals surface area contributed by atoms with Crippen molar-refractivity contribution in [1.29, 1.82) is 0 Å². The first-order valence-corrected chi connectivity index (χ1v) is 10.3. The summed E-state index contributed by atoms with van der Waals surface area (Å²) in [6.07, 6.45) is 24.0. The maximum Gasteiger partial charge on any atom is 0.184 e. The van der Waals surface area contributed by atoms with Crippen molar-refractivity contribution in [2.75, 3.05) is 0 Å². The van der Waals surface area contributed by atoms with Gasteiger partial charge in [0.15, 0.2) is 5.78 Å². The van der Waals surface area contributed by atoms with Gasteiger partial charge >= 0.3 is 0 Å². The lowest BCUT2D eigenvalue weighted by atomic mass is 9.82. The molecule has 0 aliphatic heterocycles. The fourth-order valence-electron chi connectivity index (χ4n) is 4.73. The molecule has 3 fully saturated rings. The second kappa shape index (κ2) is 8.85. The molecule has 3 aliphatic carbocycles. The molecule has 23 heavy (non-hydrogen) atoms. The Bertz CT molecular complexity index is 405. The number of carbonyl (C=O) groups excluding carboxylic acids is 1. The van der Waals surface area contributed by atoms with Crippen LogP contribution in [0, 0.1) is 11.8 Å². The summed E-state index contributed by atoms with van der Waals surface area (Å²) in [7, 11) is 0. The van der Waals surface area contributed by atoms with Crippen LogP contribution in [0.2, 0.25) is 0 Å². The van der Waals surface area contributed by atoms with Crippen LogP contribution in [0.4, 0.5) is 0 Å². The predicted octanol–water partition coefficient (Wildman–Crippen LogP) is 6.53. The van der Waals surface area contributed by atoms with Crippen LogP contribution in [-0.2, 0) is 4.79 Å². The van der Waals surface area contributed by atoms with Gasteiger partial charge in [0.2, 0.25) is 0 Å². The summed E-state index contributed by atoms with van der Waals surface area (Å²) >= 11 is 0. The molecule has 0 saturated heterocycles. The molecule has 0 amide bonds. The van der Waals surface area contributed by atoms with Crippen LogP contribution in [0.5, 0.6) is 0 Å². The van der Waals surface area contributed by atoms with Crippen LogP contribution < -0.4 is 0 Å². The molecule has 0 aromatic carbocycles. The fourth-order valence-corrected chi connectivity index (χ4v) is 4.73. The highest BCUT2D eigenvalue weighted by Gasteiger charge is 2.22. The standard InChI is InChI=1S/C22H34O/c23-22-20(16-18-10-4-1-5-11-18)14-8-3-9-15-21(22)17-19-12-6-2-7-13-19/h16-19H,1-15H2/b20-16+,21-17+. The Balaban J connectivity index is 1.73. The normalized spacial score (nSPS) is 29.7. The lowest BCUT2D eigenvalue weighted by Gasteiger charge is -2.23. The van der Waals surface area contributed by atoms with Crippen molar-refractivity contribution in [1.82, 2.24) is 0 Å². The summed E-state index contributed by atoms with van der Waals surface area (Å²) in [4.78, 5) is 13.1. The molecule has 0 spiro atoms. The third-order valence-corrected chi connectivity index (χ3v) is 6.15. The summed E-state index contributed by atoms with van der Waals surface area (Å²) in [5.74, 6) is 1.77. The first kappa shape index (κ1) is 17.0. The van der Waals surface area contributed by atoms with Crippen molar-refractivity contribution in [3.63, 3.8) is 0 Å². The van der Waals surface area contributed by atoms with Crippen LogP contribution in [-0.4, -0.2) is 5.78 Å². The molecular weight excluding hydrogens is 280 g/mol. The number of hydrogen-bond donors (Lipinski definition) is 0. The van der Waals surface area contributed by atoms with Gasteiger partial charge in [-0.25, -0.2) is 0 Å². The second-order valence-corrected chi connectivity index (χ2v) is 8.07. The van der Waals surface area contributed by atoms with Gasteiger partial charge in [0.25, 0.3) is 0 Å². The van der Waals surface area contributed by atoms with Crippen molar-refractivity contribution in [3.05, 3.63) is 23.3 Å². The molecule has 3 aliphatic rings. The molecule has 0 aromatic heterocycles. The van der Waals surface area contributed by atoms with Gasteiger partial charge in [0.05, 0.1) is 0 Å². The van der Waals surface area contributed by atoms with Gasteiger partial charge in [-0.3, -0.25) is 4.79 Å². The minimum Gasteiger partial charge on any atom is -0.289 e. The smallest absolute Gasteiger partial charge is 0.184 e. The molecule has 0 bridgehead atoms. The maximum atomic E-state index is 13.1. The minimum atomic E-state index is 0.417. The van der Waals surface area contributed by atoms with Crippen molar-refractivity contribution in [2.45, 2.75) is 96.3 Å². The summed E-state index contributed by atoms with van der Waals surface area (Å²) in [5, 5.41) is 0. The quantitative estimate of drug-likeness (QED) is 0.529. The van der Waals surface area contributed by atoms with E-state index in [-0.39, 0.29) is 0 Å². The van der Waals surface area contributed by atoms with Crippen LogP contribution in [0.15, 0.2) is 23.3 Å². The van der Waals surface area contributed by atoms with Crippen molar-refractivity contribution in [2.24, 2.45) is 11.8 Å². The molecule has 0 heterocycles. The summed E-state index contributed by atoms with van der Waals surface area (Å²) in [6.45, 7) is 0. The van der Waals surface area contributed by atoms with Gasteiger partial charge in [-0.1, -0.05) is 57.1 Å². The zero-order chi connectivity index (χ0) is 15.9. The van der Waals surface area contributed by atoms with Crippen molar-refractivity contribution < 1.29 is 4.79 Å². The average Bonchev–Trinajstić information content (AvgIpc) is 2.59. The summed E-state index contributed by atoms with van der Waals surface area (Å²) in [5.41, 5.74) is 2.33. The van der Waals surface area contributed by atoms with E-state index in [1.807, 2.05) is 0 Å². The fraction of sp³-hybridized carbons (Fsp3) is 0.773. The van der Waals surface area contributed by atoms with Gasteiger partial charge in [0, 0.05) is 0 Å². The Labute approximate surface area is 142 Å². The largest absolute Gasteiger partial charge is 0.289 e. The molecule has 3 saturated carbocycles. The van der Waals surface area contributed by atoms with Gasteiger partial charge in [-0.2, -0.15) is 0 Å². The molecule has 0 radical (unpaired) electrons. The third-order valence-electron chi connectivity index (χ3n) is 6.15. The SMILES string of the molecule is O=C1/C(=C/C2CCCCC2)CCCCC/C1=C\C1CCCCC1. The lowest BCUT2D eigenvalue weighted by Crippen LogP contribution is -2.14. The zero-order valence-corrected chi connectivity index (χ0v) is 14.8. The molecule has 1 heteroatoms. The van der Waals surface area contributed by atoms with E-state index in [4.69, 9.17) is 0 Å². The van der Waals surface area contributed by atoms with Crippen LogP contribution >= 0.6 is 0 Å². The van der Waals surface area contributed by atoms with E-state index < -0.39 is 0 Å². The topological polar surface area (TPSA) is 17.1 Å². The van der Waals surface area contributed by atoms with E-state index in [0.717, 1.165) is 12.8 Å². The minimum absolute atomic E-state index is 0.417. The zero-order valence-electron chi connectivity index (χ0n) is 14.8. The number of ketones is 1. The van der Waals surface area contributed by atoms with E-state index in [1.165, 1.54) is 94.6 Å². The molecule has 1 nitrogen and oxygen atoms in total. The van der Waals surface area contributed by atoms with E-state index in [2.05, 4.69) is 12.2 Å². The Morgan fingerprint density at radius 2 is 0.957 bits per heavy atom. The van der Waals surface area contributed by atoms with E-state index in [1.54, 1.807) is 0 Å². The number of rotatable bonds is 2. The van der Waals surface area contributed by atoms with E-state index in [9.17, 15) is 4.79 Å². The highest BCUT2D eigenvalue weighted by molar-refractivity contribution is 6.08. The molecule has 0 N–H and O–H groups in total. The Hall–Kier alpha value is -0.850. The van der Waals surface area contributed by atoms with Crippen LogP contribution in [0.25, 0.3) is 0 Å². The molecule has 128 valence electrons. The van der Waals surface area contributed by atoms with Gasteiger partial charge in [-0.15, -0.1) is 0 Å². The molecule has 0 aromatic rings. The van der Waals surface area contributed by atoms with Crippen LogP contribution in [0.3, 0.4) is 0 Å². The summed E-state index contributed by atoms with van der Waals surface area (Å²) < 4.78 is 0. The molecule has 0 unspecified atom stereocenters. The molecule has 0 atom stereocenters. The number of carbonyl (C=O) groups is 1. The highest BCUT2D eigenvalue weighted by Crippen LogP contribution is 2.32. The number of hydrogen-bond acceptors (Lipinski definition) is 1. The van der Waals surface area contributed by atoms with E-state index >= 15 is 0 Å². The third kappa shape index (κ3) is 5.06. The highest BCUT2D eigenvalue weighted by atomic mass is 16.1. The van der Waals surface area contributed by atoms with Crippen molar-refractivity contribution in [3.8, 4) is 0 Å². The van der Waals surface area contributed by atoms with Gasteiger partial charge in [0.1, 0.15) is 0 Å². The van der Waals surface area contributed by atoms with Crippen molar-refractivity contribution >= 4 is 5.78 Å². The second-order valence-electron chi connectivity index (χ2n) is 8.07. The predicted molar refractivity (Wildman–Crippen MR) is 97.4 cm³/mol. The van der Waals surface area contributed by atoms with Gasteiger partial charge < -0.3 is 0 Å². The maximum absolute atomic E-state index is 13.1. The molecule has 3 rings (SSSR count). The lowest BCUT2D eigenvalue weighted by molar-refractivity contribution is -0.112. The monoisotopic (exact) mass is 314 g/mol. The first-order valence-electron chi connectivity index (χ1n) is 10.3. The Morgan fingerprint density at radius 1 is 0.565 bits per heavy atom.